The lowest BCUT2D eigenvalue weighted by molar-refractivity contribution is 0.601. The zero-order chi connectivity index (χ0) is 14.8. The third-order valence-corrected chi connectivity index (χ3v) is 4.93. The lowest BCUT2D eigenvalue weighted by Crippen LogP contribution is -2.13. The molecule has 0 aliphatic rings. The summed E-state index contributed by atoms with van der Waals surface area (Å²) in [5.74, 6) is 0. The van der Waals surface area contributed by atoms with Gasteiger partial charge in [-0.25, -0.2) is 13.4 Å². The van der Waals surface area contributed by atoms with Gasteiger partial charge in [-0.1, -0.05) is 11.6 Å². The predicted molar refractivity (Wildman–Crippen MR) is 78.9 cm³/mol. The number of pyridine rings is 1. The Balaban J connectivity index is 2.30. The van der Waals surface area contributed by atoms with E-state index in [0.29, 0.717) is 15.2 Å². The summed E-state index contributed by atoms with van der Waals surface area (Å²) in [5.41, 5.74) is 0.484. The molecule has 0 bridgehead atoms. The molecule has 2 rings (SSSR count). The molecule has 0 unspecified atom stereocenters. The molecule has 5 nitrogen and oxygen atoms in total. The summed E-state index contributed by atoms with van der Waals surface area (Å²) in [5, 5.41) is 9.02. The van der Waals surface area contributed by atoms with Gasteiger partial charge in [0, 0.05) is 10.7 Å². The Morgan fingerprint density at radius 1 is 1.30 bits per heavy atom. The normalized spacial score (nSPS) is 10.8. The summed E-state index contributed by atoms with van der Waals surface area (Å²) in [6, 6.07) is 9.17. The zero-order valence-electron chi connectivity index (χ0n) is 9.84. The molecule has 8 heteroatoms. The van der Waals surface area contributed by atoms with E-state index in [0.717, 1.165) is 6.20 Å². The molecule has 0 radical (unpaired) electrons. The van der Waals surface area contributed by atoms with Crippen LogP contribution in [0.1, 0.15) is 5.69 Å². The second-order valence-electron chi connectivity index (χ2n) is 3.73. The van der Waals surface area contributed by atoms with Gasteiger partial charge in [0.15, 0.2) is 0 Å². The first kappa shape index (κ1) is 14.8. The van der Waals surface area contributed by atoms with Crippen molar-refractivity contribution in [3.63, 3.8) is 0 Å². The summed E-state index contributed by atoms with van der Waals surface area (Å²) in [7, 11) is -3.76. The first-order chi connectivity index (χ1) is 9.42. The minimum atomic E-state index is -3.76. The molecule has 0 amide bonds. The molecule has 102 valence electrons. The Morgan fingerprint density at radius 2 is 2.05 bits per heavy atom. The van der Waals surface area contributed by atoms with Gasteiger partial charge in [0.2, 0.25) is 0 Å². The fraction of sp³-hybridized carbons (Fsp3) is 0. The van der Waals surface area contributed by atoms with Crippen LogP contribution in [0.25, 0.3) is 0 Å². The van der Waals surface area contributed by atoms with E-state index in [2.05, 4.69) is 25.6 Å². The maximum absolute atomic E-state index is 12.1. The summed E-state index contributed by atoms with van der Waals surface area (Å²) in [6.45, 7) is 0. The first-order valence-electron chi connectivity index (χ1n) is 5.26. The van der Waals surface area contributed by atoms with Crippen molar-refractivity contribution >= 4 is 43.2 Å². The summed E-state index contributed by atoms with van der Waals surface area (Å²) in [6.07, 6.45) is 1.13. The fourth-order valence-electron chi connectivity index (χ4n) is 1.38. The minimum absolute atomic E-state index is 0.0319. The van der Waals surface area contributed by atoms with Gasteiger partial charge < -0.3 is 0 Å². The number of benzene rings is 1. The molecule has 0 saturated carbocycles. The average Bonchev–Trinajstić information content (AvgIpc) is 2.43. The highest BCUT2D eigenvalue weighted by Gasteiger charge is 2.15. The second-order valence-corrected chi connectivity index (χ2v) is 6.67. The number of aromatic nitrogens is 1. The van der Waals surface area contributed by atoms with Gasteiger partial charge in [-0.05, 0) is 46.3 Å². The lowest BCUT2D eigenvalue weighted by Gasteiger charge is -2.08. The zero-order valence-corrected chi connectivity index (χ0v) is 13.0. The van der Waals surface area contributed by atoms with Gasteiger partial charge in [0.25, 0.3) is 10.0 Å². The van der Waals surface area contributed by atoms with Crippen LogP contribution >= 0.6 is 27.5 Å². The Hall–Kier alpha value is -1.62. The van der Waals surface area contributed by atoms with Gasteiger partial charge >= 0.3 is 0 Å². The monoisotopic (exact) mass is 371 g/mol. The largest absolute Gasteiger partial charge is 0.280 e. The number of rotatable bonds is 3. The topological polar surface area (TPSA) is 82.8 Å². The van der Waals surface area contributed by atoms with Crippen molar-refractivity contribution in [2.75, 3.05) is 4.72 Å². The van der Waals surface area contributed by atoms with Crippen LogP contribution in [0.15, 0.2) is 45.9 Å². The summed E-state index contributed by atoms with van der Waals surface area (Å²) in [4.78, 5) is 3.69. The highest BCUT2D eigenvalue weighted by atomic mass is 79.9. The molecule has 20 heavy (non-hydrogen) atoms. The van der Waals surface area contributed by atoms with E-state index >= 15 is 0 Å². The number of sulfonamides is 1. The standard InChI is InChI=1S/C12H7BrClN3O2S/c13-11-4-2-8(5-12(11)14)17-20(18,19)10-3-1-9(6-15)16-7-10/h1-5,7,17H. The predicted octanol–water partition coefficient (Wildman–Crippen LogP) is 3.17. The highest BCUT2D eigenvalue weighted by molar-refractivity contribution is 9.10. The Morgan fingerprint density at radius 3 is 2.60 bits per heavy atom. The van der Waals surface area contributed by atoms with Crippen LogP contribution < -0.4 is 4.72 Å². The average molecular weight is 373 g/mol. The number of anilines is 1. The van der Waals surface area contributed by atoms with Crippen LogP contribution in [0.2, 0.25) is 5.02 Å². The van der Waals surface area contributed by atoms with Crippen LogP contribution in [0, 0.1) is 11.3 Å². The van der Waals surface area contributed by atoms with Crippen LogP contribution in [0.5, 0.6) is 0 Å². The van der Waals surface area contributed by atoms with Crippen molar-refractivity contribution < 1.29 is 8.42 Å². The van der Waals surface area contributed by atoms with Crippen LogP contribution in [-0.4, -0.2) is 13.4 Å². The fourth-order valence-corrected chi connectivity index (χ4v) is 2.80. The molecule has 0 saturated heterocycles. The Bertz CT molecular complexity index is 785. The molecule has 1 aromatic heterocycles. The number of halogens is 2. The SMILES string of the molecule is N#Cc1ccc(S(=O)(=O)Nc2ccc(Br)c(Cl)c2)cn1. The molecule has 1 aromatic carbocycles. The number of nitriles is 1. The maximum atomic E-state index is 12.1. The van der Waals surface area contributed by atoms with E-state index in [9.17, 15) is 8.42 Å². The highest BCUT2D eigenvalue weighted by Crippen LogP contribution is 2.26. The number of nitrogens with zero attached hydrogens (tertiary/aromatic N) is 2. The molecule has 1 heterocycles. The van der Waals surface area contributed by atoms with Gasteiger partial charge in [-0.2, -0.15) is 5.26 Å². The molecule has 0 atom stereocenters. The minimum Gasteiger partial charge on any atom is -0.280 e. The van der Waals surface area contributed by atoms with E-state index in [4.69, 9.17) is 16.9 Å². The van der Waals surface area contributed by atoms with E-state index in [1.54, 1.807) is 12.1 Å². The first-order valence-corrected chi connectivity index (χ1v) is 7.92. The van der Waals surface area contributed by atoms with E-state index in [1.165, 1.54) is 18.2 Å². The second kappa shape index (κ2) is 5.79. The van der Waals surface area contributed by atoms with Gasteiger partial charge in [0.05, 0.1) is 10.7 Å². The summed E-state index contributed by atoms with van der Waals surface area (Å²) >= 11 is 9.12. The number of hydrogen-bond donors (Lipinski definition) is 1. The molecular formula is C12H7BrClN3O2S. The van der Waals surface area contributed by atoms with Crippen molar-refractivity contribution in [3.8, 4) is 6.07 Å². The van der Waals surface area contributed by atoms with Crippen LogP contribution in [0.4, 0.5) is 5.69 Å². The van der Waals surface area contributed by atoms with Crippen molar-refractivity contribution in [3.05, 3.63) is 51.7 Å². The van der Waals surface area contributed by atoms with E-state index in [1.807, 2.05) is 6.07 Å². The molecule has 1 N–H and O–H groups in total. The lowest BCUT2D eigenvalue weighted by atomic mass is 10.3. The number of hydrogen-bond acceptors (Lipinski definition) is 4. The third-order valence-electron chi connectivity index (χ3n) is 2.33. The maximum Gasteiger partial charge on any atom is 0.263 e. The molecule has 0 fully saturated rings. The molecule has 0 aliphatic heterocycles. The molecule has 2 aromatic rings. The van der Waals surface area contributed by atoms with Gasteiger partial charge in [-0.3, -0.25) is 4.72 Å². The van der Waals surface area contributed by atoms with Crippen molar-refractivity contribution in [1.29, 1.82) is 5.26 Å². The quantitative estimate of drug-likeness (QED) is 0.897. The molecule has 0 aliphatic carbocycles. The smallest absolute Gasteiger partial charge is 0.263 e. The van der Waals surface area contributed by atoms with Crippen LogP contribution in [-0.2, 0) is 10.0 Å². The molecular weight excluding hydrogens is 366 g/mol. The molecule has 0 spiro atoms. The van der Waals surface area contributed by atoms with Gasteiger partial charge in [0.1, 0.15) is 16.7 Å². The van der Waals surface area contributed by atoms with Crippen molar-refractivity contribution in [2.45, 2.75) is 4.90 Å². The number of nitrogens with one attached hydrogen (secondary N) is 1. The van der Waals surface area contributed by atoms with Crippen LogP contribution in [0.3, 0.4) is 0 Å². The van der Waals surface area contributed by atoms with Crippen molar-refractivity contribution in [2.24, 2.45) is 0 Å². The Labute approximate surface area is 129 Å². The Kier molecular flexibility index (Phi) is 4.28. The van der Waals surface area contributed by atoms with E-state index in [-0.39, 0.29) is 10.6 Å². The van der Waals surface area contributed by atoms with Gasteiger partial charge in [-0.15, -0.1) is 0 Å². The summed E-state index contributed by atoms with van der Waals surface area (Å²) < 4.78 is 27.3. The van der Waals surface area contributed by atoms with Crippen molar-refractivity contribution in [1.82, 2.24) is 4.98 Å². The third kappa shape index (κ3) is 3.28. The van der Waals surface area contributed by atoms with E-state index < -0.39 is 10.0 Å².